The molecular formula is C13H24N2O2. The van der Waals surface area contributed by atoms with E-state index in [9.17, 15) is 9.90 Å². The number of carbonyl (C=O) groups excluding carboxylic acids is 1. The number of carbonyl (C=O) groups is 1. The molecule has 0 bridgehead atoms. The number of aliphatic hydroxyl groups is 1. The summed E-state index contributed by atoms with van der Waals surface area (Å²) in [6.45, 7) is 4.56. The van der Waals surface area contributed by atoms with Crippen LogP contribution in [0.3, 0.4) is 0 Å². The van der Waals surface area contributed by atoms with Gasteiger partial charge in [0.25, 0.3) is 0 Å². The number of rotatable bonds is 3. The largest absolute Gasteiger partial charge is 0.393 e. The van der Waals surface area contributed by atoms with Crippen LogP contribution < -0.4 is 5.32 Å². The lowest BCUT2D eigenvalue weighted by atomic mass is 9.90. The molecule has 2 aliphatic heterocycles. The Labute approximate surface area is 103 Å². The third-order valence-corrected chi connectivity index (χ3v) is 4.02. The predicted octanol–water partition coefficient (Wildman–Crippen LogP) is 0.748. The third kappa shape index (κ3) is 2.99. The molecule has 0 radical (unpaired) electrons. The molecule has 2 fully saturated rings. The summed E-state index contributed by atoms with van der Waals surface area (Å²) in [4.78, 5) is 14.2. The van der Waals surface area contributed by atoms with Crippen molar-refractivity contribution < 1.29 is 9.90 Å². The first-order valence-corrected chi connectivity index (χ1v) is 6.92. The summed E-state index contributed by atoms with van der Waals surface area (Å²) >= 11 is 0. The molecule has 3 atom stereocenters. The molecule has 4 heteroatoms. The Balaban J connectivity index is 1.90. The Morgan fingerprint density at radius 1 is 1.47 bits per heavy atom. The van der Waals surface area contributed by atoms with Crippen molar-refractivity contribution in [3.63, 3.8) is 0 Å². The van der Waals surface area contributed by atoms with E-state index in [-0.39, 0.29) is 24.0 Å². The fraction of sp³-hybridized carbons (Fsp3) is 0.923. The Bertz CT molecular complexity index is 264. The Hall–Kier alpha value is -0.610. The molecule has 0 aromatic heterocycles. The second kappa shape index (κ2) is 5.83. The zero-order valence-electron chi connectivity index (χ0n) is 10.7. The minimum Gasteiger partial charge on any atom is -0.393 e. The smallest absolute Gasteiger partial charge is 0.239 e. The van der Waals surface area contributed by atoms with E-state index in [1.165, 1.54) is 0 Å². The van der Waals surface area contributed by atoms with Gasteiger partial charge in [-0.25, -0.2) is 0 Å². The van der Waals surface area contributed by atoms with Gasteiger partial charge in [0.2, 0.25) is 5.91 Å². The molecule has 0 aromatic rings. The van der Waals surface area contributed by atoms with E-state index in [4.69, 9.17) is 0 Å². The van der Waals surface area contributed by atoms with Crippen LogP contribution in [0.4, 0.5) is 0 Å². The number of nitrogens with zero attached hydrogens (tertiary/aromatic N) is 1. The lowest BCUT2D eigenvalue weighted by Crippen LogP contribution is -2.51. The second-order valence-electron chi connectivity index (χ2n) is 5.34. The summed E-state index contributed by atoms with van der Waals surface area (Å²) in [6.07, 6.45) is 4.69. The molecule has 1 amide bonds. The number of nitrogens with one attached hydrogen (secondary N) is 1. The van der Waals surface area contributed by atoms with Gasteiger partial charge < -0.3 is 15.3 Å². The molecular weight excluding hydrogens is 216 g/mol. The summed E-state index contributed by atoms with van der Waals surface area (Å²) < 4.78 is 0. The normalized spacial score (nSPS) is 34.0. The van der Waals surface area contributed by atoms with Gasteiger partial charge in [-0.3, -0.25) is 4.79 Å². The van der Waals surface area contributed by atoms with E-state index < -0.39 is 0 Å². The topological polar surface area (TPSA) is 52.6 Å². The van der Waals surface area contributed by atoms with Crippen LogP contribution in [-0.2, 0) is 4.79 Å². The van der Waals surface area contributed by atoms with Crippen LogP contribution in [0.5, 0.6) is 0 Å². The summed E-state index contributed by atoms with van der Waals surface area (Å²) in [7, 11) is 0. The lowest BCUT2D eigenvalue weighted by Gasteiger charge is -2.37. The van der Waals surface area contributed by atoms with Crippen LogP contribution in [0.2, 0.25) is 0 Å². The van der Waals surface area contributed by atoms with Gasteiger partial charge in [-0.2, -0.15) is 0 Å². The maximum Gasteiger partial charge on any atom is 0.239 e. The van der Waals surface area contributed by atoms with Crippen LogP contribution in [0.1, 0.15) is 39.0 Å². The average Bonchev–Trinajstić information content (AvgIpc) is 2.85. The highest BCUT2D eigenvalue weighted by molar-refractivity contribution is 5.82. The van der Waals surface area contributed by atoms with E-state index in [0.717, 1.165) is 51.7 Å². The fourth-order valence-electron chi connectivity index (χ4n) is 2.99. The zero-order chi connectivity index (χ0) is 12.3. The minimum absolute atomic E-state index is 0.0347. The number of piperidine rings is 1. The van der Waals surface area contributed by atoms with Crippen LogP contribution in [0.15, 0.2) is 0 Å². The van der Waals surface area contributed by atoms with Crippen molar-refractivity contribution in [1.29, 1.82) is 0 Å². The highest BCUT2D eigenvalue weighted by Crippen LogP contribution is 2.23. The first kappa shape index (κ1) is 12.8. The van der Waals surface area contributed by atoms with Crippen LogP contribution >= 0.6 is 0 Å². The van der Waals surface area contributed by atoms with Crippen molar-refractivity contribution in [2.75, 3.05) is 19.6 Å². The van der Waals surface area contributed by atoms with Gasteiger partial charge in [0, 0.05) is 19.0 Å². The molecule has 17 heavy (non-hydrogen) atoms. The van der Waals surface area contributed by atoms with E-state index in [1.54, 1.807) is 0 Å². The number of likely N-dealkylation sites (tertiary alicyclic amines) is 1. The molecule has 0 aliphatic carbocycles. The first-order chi connectivity index (χ1) is 8.22. The Kier molecular flexibility index (Phi) is 4.40. The van der Waals surface area contributed by atoms with Gasteiger partial charge in [-0.15, -0.1) is 0 Å². The van der Waals surface area contributed by atoms with E-state index in [0.29, 0.717) is 0 Å². The van der Waals surface area contributed by atoms with Gasteiger partial charge >= 0.3 is 0 Å². The first-order valence-electron chi connectivity index (χ1n) is 6.92. The average molecular weight is 240 g/mol. The molecule has 2 N–H and O–H groups in total. The van der Waals surface area contributed by atoms with Crippen LogP contribution in [0, 0.1) is 5.92 Å². The Morgan fingerprint density at radius 3 is 2.94 bits per heavy atom. The number of aliphatic hydroxyl groups excluding tert-OH is 1. The number of amides is 1. The molecule has 0 spiro atoms. The highest BCUT2D eigenvalue weighted by Gasteiger charge is 2.33. The second-order valence-corrected chi connectivity index (χ2v) is 5.34. The summed E-state index contributed by atoms with van der Waals surface area (Å²) in [5, 5.41) is 13.2. The quantitative estimate of drug-likeness (QED) is 0.765. The van der Waals surface area contributed by atoms with Crippen molar-refractivity contribution in [2.24, 2.45) is 5.92 Å². The van der Waals surface area contributed by atoms with Gasteiger partial charge in [0.1, 0.15) is 0 Å². The summed E-state index contributed by atoms with van der Waals surface area (Å²) in [5.74, 6) is 0.523. The van der Waals surface area contributed by atoms with Crippen molar-refractivity contribution >= 4 is 5.91 Å². The predicted molar refractivity (Wildman–Crippen MR) is 66.6 cm³/mol. The molecule has 4 nitrogen and oxygen atoms in total. The van der Waals surface area contributed by atoms with Crippen LogP contribution in [0.25, 0.3) is 0 Å². The van der Waals surface area contributed by atoms with E-state index in [2.05, 4.69) is 12.2 Å². The van der Waals surface area contributed by atoms with Gasteiger partial charge in [0.05, 0.1) is 12.1 Å². The summed E-state index contributed by atoms with van der Waals surface area (Å²) in [6, 6.07) is 0.0347. The monoisotopic (exact) mass is 240 g/mol. The van der Waals surface area contributed by atoms with Gasteiger partial charge in [-0.1, -0.05) is 13.3 Å². The zero-order valence-corrected chi connectivity index (χ0v) is 10.7. The molecule has 2 rings (SSSR count). The number of hydrogen-bond acceptors (Lipinski definition) is 3. The standard InChI is InChI=1S/C13H24N2O2/c1-2-4-10-9-15(8-6-12(10)16)13(17)11-5-3-7-14-11/h10-12,14,16H,2-9H2,1H3/t10-,11-,12+/m1/s1. The molecule has 0 unspecified atom stereocenters. The molecule has 98 valence electrons. The third-order valence-electron chi connectivity index (χ3n) is 4.02. The van der Waals surface area contributed by atoms with Gasteiger partial charge in [-0.05, 0) is 32.2 Å². The van der Waals surface area contributed by atoms with Crippen molar-refractivity contribution in [3.8, 4) is 0 Å². The maximum atomic E-state index is 12.2. The van der Waals surface area contributed by atoms with Crippen LogP contribution in [-0.4, -0.2) is 47.7 Å². The van der Waals surface area contributed by atoms with Gasteiger partial charge in [0.15, 0.2) is 0 Å². The number of hydrogen-bond donors (Lipinski definition) is 2. The van der Waals surface area contributed by atoms with Crippen molar-refractivity contribution in [1.82, 2.24) is 10.2 Å². The lowest BCUT2D eigenvalue weighted by molar-refractivity contribution is -0.137. The van der Waals surface area contributed by atoms with E-state index >= 15 is 0 Å². The summed E-state index contributed by atoms with van der Waals surface area (Å²) in [5.41, 5.74) is 0. The molecule has 2 saturated heterocycles. The van der Waals surface area contributed by atoms with Crippen molar-refractivity contribution in [2.45, 2.75) is 51.2 Å². The van der Waals surface area contributed by atoms with E-state index in [1.807, 2.05) is 4.90 Å². The van der Waals surface area contributed by atoms with Crippen molar-refractivity contribution in [3.05, 3.63) is 0 Å². The maximum absolute atomic E-state index is 12.2. The molecule has 0 aromatic carbocycles. The highest BCUT2D eigenvalue weighted by atomic mass is 16.3. The fourth-order valence-corrected chi connectivity index (χ4v) is 2.99. The molecule has 0 saturated carbocycles. The minimum atomic E-state index is -0.212. The molecule has 2 aliphatic rings. The Morgan fingerprint density at radius 2 is 2.29 bits per heavy atom. The SMILES string of the molecule is CCC[C@@H]1CN(C(=O)[C@H]2CCCN2)CC[C@@H]1O. The molecule has 2 heterocycles.